The van der Waals surface area contributed by atoms with Gasteiger partial charge in [-0.1, -0.05) is 26.0 Å². The summed E-state index contributed by atoms with van der Waals surface area (Å²) in [6, 6.07) is 8.22. The summed E-state index contributed by atoms with van der Waals surface area (Å²) >= 11 is 0. The third kappa shape index (κ3) is 4.33. The van der Waals surface area contributed by atoms with Crippen molar-refractivity contribution in [3.63, 3.8) is 0 Å². The van der Waals surface area contributed by atoms with Crippen molar-refractivity contribution in [1.82, 2.24) is 15.1 Å². The molecule has 0 aliphatic rings. The van der Waals surface area contributed by atoms with Gasteiger partial charge in [0.15, 0.2) is 0 Å². The Morgan fingerprint density at radius 3 is 2.81 bits per heavy atom. The molecule has 0 unspecified atom stereocenters. The predicted octanol–water partition coefficient (Wildman–Crippen LogP) is 3.23. The lowest BCUT2D eigenvalue weighted by Gasteiger charge is -2.09. The van der Waals surface area contributed by atoms with Gasteiger partial charge in [0.2, 0.25) is 0 Å². The van der Waals surface area contributed by atoms with E-state index >= 15 is 0 Å². The van der Waals surface area contributed by atoms with Gasteiger partial charge in [-0.3, -0.25) is 4.68 Å². The second-order valence-corrected chi connectivity index (χ2v) is 5.55. The molecule has 0 aliphatic carbocycles. The molecule has 0 aliphatic heterocycles. The standard InChI is InChI=1S/C17H25N3O/c1-5-21-16-8-6-7-14(9-16)10-18-11-15-12-20(4)19-17(15)13(2)3/h6-9,12-13,18H,5,10-11H2,1-4H3. The third-order valence-corrected chi connectivity index (χ3v) is 3.34. The van der Waals surface area contributed by atoms with Crippen LogP contribution in [0.4, 0.5) is 0 Å². The van der Waals surface area contributed by atoms with Crippen LogP contribution in [0.3, 0.4) is 0 Å². The highest BCUT2D eigenvalue weighted by molar-refractivity contribution is 5.28. The Labute approximate surface area is 127 Å². The zero-order valence-electron chi connectivity index (χ0n) is 13.4. The van der Waals surface area contributed by atoms with E-state index in [1.807, 2.05) is 30.8 Å². The van der Waals surface area contributed by atoms with Gasteiger partial charge < -0.3 is 10.1 Å². The first-order chi connectivity index (χ1) is 10.1. The molecule has 0 radical (unpaired) electrons. The number of rotatable bonds is 7. The molecule has 21 heavy (non-hydrogen) atoms. The lowest BCUT2D eigenvalue weighted by molar-refractivity contribution is 0.340. The van der Waals surface area contributed by atoms with Crippen LogP contribution in [0.25, 0.3) is 0 Å². The molecule has 0 bridgehead atoms. The minimum Gasteiger partial charge on any atom is -0.494 e. The van der Waals surface area contributed by atoms with Crippen molar-refractivity contribution in [3.8, 4) is 5.75 Å². The summed E-state index contributed by atoms with van der Waals surface area (Å²) in [6.07, 6.45) is 2.10. The number of aryl methyl sites for hydroxylation is 1. The number of hydrogen-bond donors (Lipinski definition) is 1. The molecule has 1 aromatic carbocycles. The molecule has 1 aromatic heterocycles. The van der Waals surface area contributed by atoms with E-state index in [0.29, 0.717) is 12.5 Å². The van der Waals surface area contributed by atoms with Crippen LogP contribution in [0.1, 0.15) is 43.5 Å². The topological polar surface area (TPSA) is 39.1 Å². The van der Waals surface area contributed by atoms with Crippen LogP contribution in [0.2, 0.25) is 0 Å². The highest BCUT2D eigenvalue weighted by atomic mass is 16.5. The van der Waals surface area contributed by atoms with E-state index in [9.17, 15) is 0 Å². The smallest absolute Gasteiger partial charge is 0.119 e. The van der Waals surface area contributed by atoms with Gasteiger partial charge in [-0.05, 0) is 30.5 Å². The van der Waals surface area contributed by atoms with Gasteiger partial charge in [-0.2, -0.15) is 5.10 Å². The second-order valence-electron chi connectivity index (χ2n) is 5.55. The van der Waals surface area contributed by atoms with Crippen molar-refractivity contribution >= 4 is 0 Å². The fraction of sp³-hybridized carbons (Fsp3) is 0.471. The van der Waals surface area contributed by atoms with Crippen LogP contribution < -0.4 is 10.1 Å². The molecular weight excluding hydrogens is 262 g/mol. The van der Waals surface area contributed by atoms with Crippen LogP contribution in [0.15, 0.2) is 30.5 Å². The Hall–Kier alpha value is -1.81. The summed E-state index contributed by atoms with van der Waals surface area (Å²) in [5, 5.41) is 8.02. The van der Waals surface area contributed by atoms with Crippen LogP contribution in [0.5, 0.6) is 5.75 Å². The van der Waals surface area contributed by atoms with Crippen LogP contribution >= 0.6 is 0 Å². The summed E-state index contributed by atoms with van der Waals surface area (Å²) in [5.41, 5.74) is 3.68. The van der Waals surface area contributed by atoms with Crippen molar-refractivity contribution in [2.75, 3.05) is 6.61 Å². The SMILES string of the molecule is CCOc1cccc(CNCc2cn(C)nc2C(C)C)c1. The Balaban J connectivity index is 1.94. The molecule has 2 aromatic rings. The van der Waals surface area contributed by atoms with Gasteiger partial charge in [0.25, 0.3) is 0 Å². The third-order valence-electron chi connectivity index (χ3n) is 3.34. The first-order valence-corrected chi connectivity index (χ1v) is 7.55. The molecule has 2 rings (SSSR count). The first kappa shape index (κ1) is 15.6. The van der Waals surface area contributed by atoms with Crippen molar-refractivity contribution in [1.29, 1.82) is 0 Å². The Morgan fingerprint density at radius 1 is 1.29 bits per heavy atom. The summed E-state index contributed by atoms with van der Waals surface area (Å²) in [7, 11) is 1.97. The minimum atomic E-state index is 0.448. The molecule has 1 heterocycles. The van der Waals surface area contributed by atoms with Crippen molar-refractivity contribution in [2.24, 2.45) is 7.05 Å². The van der Waals surface area contributed by atoms with E-state index in [-0.39, 0.29) is 0 Å². The molecule has 114 valence electrons. The lowest BCUT2D eigenvalue weighted by atomic mass is 10.1. The lowest BCUT2D eigenvalue weighted by Crippen LogP contribution is -2.13. The van der Waals surface area contributed by atoms with E-state index in [0.717, 1.165) is 18.8 Å². The Morgan fingerprint density at radius 2 is 2.10 bits per heavy atom. The van der Waals surface area contributed by atoms with Gasteiger partial charge in [-0.25, -0.2) is 0 Å². The van der Waals surface area contributed by atoms with Crippen LogP contribution in [-0.2, 0) is 20.1 Å². The molecule has 0 spiro atoms. The zero-order chi connectivity index (χ0) is 15.2. The molecule has 0 amide bonds. The largest absolute Gasteiger partial charge is 0.494 e. The van der Waals surface area contributed by atoms with Crippen molar-refractivity contribution < 1.29 is 4.74 Å². The normalized spacial score (nSPS) is 11.1. The first-order valence-electron chi connectivity index (χ1n) is 7.55. The maximum Gasteiger partial charge on any atom is 0.119 e. The molecule has 0 atom stereocenters. The average Bonchev–Trinajstić information content (AvgIpc) is 2.81. The van der Waals surface area contributed by atoms with Gasteiger partial charge in [0.1, 0.15) is 5.75 Å². The summed E-state index contributed by atoms with van der Waals surface area (Å²) in [4.78, 5) is 0. The highest BCUT2D eigenvalue weighted by Crippen LogP contribution is 2.17. The summed E-state index contributed by atoms with van der Waals surface area (Å²) in [6.45, 7) is 8.72. The van der Waals surface area contributed by atoms with Crippen molar-refractivity contribution in [3.05, 3.63) is 47.3 Å². The van der Waals surface area contributed by atoms with Gasteiger partial charge >= 0.3 is 0 Å². The minimum absolute atomic E-state index is 0.448. The van der Waals surface area contributed by atoms with E-state index in [4.69, 9.17) is 4.74 Å². The summed E-state index contributed by atoms with van der Waals surface area (Å²) in [5.74, 6) is 1.38. The number of nitrogens with one attached hydrogen (secondary N) is 1. The predicted molar refractivity (Wildman–Crippen MR) is 85.5 cm³/mol. The zero-order valence-corrected chi connectivity index (χ0v) is 13.4. The Bertz CT molecular complexity index is 575. The molecule has 0 saturated carbocycles. The van der Waals surface area contributed by atoms with E-state index in [2.05, 4.69) is 42.6 Å². The van der Waals surface area contributed by atoms with E-state index in [1.165, 1.54) is 16.8 Å². The van der Waals surface area contributed by atoms with E-state index in [1.54, 1.807) is 0 Å². The molecular formula is C17H25N3O. The van der Waals surface area contributed by atoms with Gasteiger partial charge in [-0.15, -0.1) is 0 Å². The molecule has 4 nitrogen and oxygen atoms in total. The van der Waals surface area contributed by atoms with Gasteiger partial charge in [0, 0.05) is 31.9 Å². The second kappa shape index (κ2) is 7.27. The number of aromatic nitrogens is 2. The maximum atomic E-state index is 5.52. The van der Waals surface area contributed by atoms with Crippen LogP contribution in [0, 0.1) is 0 Å². The molecule has 0 saturated heterocycles. The maximum absolute atomic E-state index is 5.52. The number of ether oxygens (including phenoxy) is 1. The fourth-order valence-electron chi connectivity index (χ4n) is 2.43. The number of nitrogens with zero attached hydrogens (tertiary/aromatic N) is 2. The number of hydrogen-bond acceptors (Lipinski definition) is 3. The molecule has 0 fully saturated rings. The fourth-order valence-corrected chi connectivity index (χ4v) is 2.43. The summed E-state index contributed by atoms with van der Waals surface area (Å²) < 4.78 is 7.41. The number of benzene rings is 1. The molecule has 1 N–H and O–H groups in total. The average molecular weight is 287 g/mol. The molecule has 4 heteroatoms. The van der Waals surface area contributed by atoms with Crippen molar-refractivity contribution in [2.45, 2.75) is 39.8 Å². The van der Waals surface area contributed by atoms with Crippen LogP contribution in [-0.4, -0.2) is 16.4 Å². The van der Waals surface area contributed by atoms with Gasteiger partial charge in [0.05, 0.1) is 12.3 Å². The quantitative estimate of drug-likeness (QED) is 0.849. The Kier molecular flexibility index (Phi) is 5.39. The van der Waals surface area contributed by atoms with E-state index < -0.39 is 0 Å². The monoisotopic (exact) mass is 287 g/mol. The highest BCUT2D eigenvalue weighted by Gasteiger charge is 2.10.